The Balaban J connectivity index is 1.54. The second-order valence-corrected chi connectivity index (χ2v) is 6.94. The third kappa shape index (κ3) is 3.88. The Hall–Kier alpha value is -1.52. The van der Waals surface area contributed by atoms with Crippen LogP contribution in [-0.2, 0) is 7.05 Å². The highest BCUT2D eigenvalue weighted by Crippen LogP contribution is 2.26. The molecular weight excluding hydrogens is 308 g/mol. The lowest BCUT2D eigenvalue weighted by Gasteiger charge is -2.35. The fourth-order valence-corrected chi connectivity index (χ4v) is 3.37. The van der Waals surface area contributed by atoms with Gasteiger partial charge in [-0.05, 0) is 44.4 Å². The molecule has 0 radical (unpaired) electrons. The van der Waals surface area contributed by atoms with Crippen LogP contribution in [0.15, 0.2) is 30.6 Å². The Morgan fingerprint density at radius 3 is 2.65 bits per heavy atom. The molecule has 0 spiro atoms. The molecule has 1 saturated heterocycles. The number of piperidine rings is 1. The van der Waals surface area contributed by atoms with Gasteiger partial charge in [0, 0.05) is 54.7 Å². The summed E-state index contributed by atoms with van der Waals surface area (Å²) in [7, 11) is 1.96. The number of aryl methyl sites for hydroxylation is 2. The molecule has 4 nitrogen and oxygen atoms in total. The smallest absolute Gasteiger partial charge is 0.0537 e. The Kier molecular flexibility index (Phi) is 4.93. The molecule has 5 heteroatoms. The van der Waals surface area contributed by atoms with Gasteiger partial charge in [-0.2, -0.15) is 5.10 Å². The molecule has 1 unspecified atom stereocenters. The molecule has 0 aliphatic carbocycles. The van der Waals surface area contributed by atoms with Crippen molar-refractivity contribution in [3.63, 3.8) is 0 Å². The van der Waals surface area contributed by atoms with E-state index in [1.807, 2.05) is 24.9 Å². The standard InChI is InChI=1S/C18H25ClN4/c1-13-4-5-17(10-18(13)19)23-8-6-16(7-9-23)21-14(2)15-11-20-22(3)12-15/h4-5,10-12,14,16,21H,6-9H2,1-3H3. The quantitative estimate of drug-likeness (QED) is 0.926. The summed E-state index contributed by atoms with van der Waals surface area (Å²) in [6, 6.07) is 7.26. The summed E-state index contributed by atoms with van der Waals surface area (Å²) in [4.78, 5) is 2.43. The lowest BCUT2D eigenvalue weighted by Crippen LogP contribution is -2.43. The van der Waals surface area contributed by atoms with Gasteiger partial charge in [0.1, 0.15) is 0 Å². The summed E-state index contributed by atoms with van der Waals surface area (Å²) in [6.07, 6.45) is 6.33. The van der Waals surface area contributed by atoms with Crippen LogP contribution in [0.2, 0.25) is 5.02 Å². The highest BCUT2D eigenvalue weighted by Gasteiger charge is 2.21. The van der Waals surface area contributed by atoms with Gasteiger partial charge in [-0.25, -0.2) is 0 Å². The molecule has 1 fully saturated rings. The van der Waals surface area contributed by atoms with Crippen molar-refractivity contribution < 1.29 is 0 Å². The molecule has 2 aromatic rings. The summed E-state index contributed by atoms with van der Waals surface area (Å²) >= 11 is 6.25. The zero-order valence-corrected chi connectivity index (χ0v) is 14.8. The lowest BCUT2D eigenvalue weighted by atomic mass is 10.0. The summed E-state index contributed by atoms with van der Waals surface area (Å²) in [6.45, 7) is 6.39. The average Bonchev–Trinajstić information content (AvgIpc) is 2.97. The van der Waals surface area contributed by atoms with E-state index >= 15 is 0 Å². The minimum atomic E-state index is 0.342. The van der Waals surface area contributed by atoms with Crippen molar-refractivity contribution in [2.45, 2.75) is 38.8 Å². The average molecular weight is 333 g/mol. The molecule has 1 aliphatic rings. The van der Waals surface area contributed by atoms with E-state index in [2.05, 4.69) is 46.6 Å². The molecule has 1 aliphatic heterocycles. The normalized spacial score (nSPS) is 17.5. The van der Waals surface area contributed by atoms with E-state index in [0.717, 1.165) is 36.5 Å². The number of anilines is 1. The molecule has 1 N–H and O–H groups in total. The van der Waals surface area contributed by atoms with Crippen LogP contribution in [0.4, 0.5) is 5.69 Å². The van der Waals surface area contributed by atoms with Crippen LogP contribution in [0.1, 0.15) is 36.9 Å². The van der Waals surface area contributed by atoms with E-state index in [1.54, 1.807) is 0 Å². The Labute approximate surface area is 143 Å². The largest absolute Gasteiger partial charge is 0.371 e. The molecule has 23 heavy (non-hydrogen) atoms. The predicted octanol–water partition coefficient (Wildman–Crippen LogP) is 3.70. The van der Waals surface area contributed by atoms with E-state index in [4.69, 9.17) is 11.6 Å². The van der Waals surface area contributed by atoms with Crippen molar-refractivity contribution >= 4 is 17.3 Å². The predicted molar refractivity (Wildman–Crippen MR) is 96.2 cm³/mol. The number of rotatable bonds is 4. The Bertz CT molecular complexity index is 659. The van der Waals surface area contributed by atoms with Gasteiger partial charge in [0.2, 0.25) is 0 Å². The lowest BCUT2D eigenvalue weighted by molar-refractivity contribution is 0.381. The minimum absolute atomic E-state index is 0.342. The molecule has 124 valence electrons. The summed E-state index contributed by atoms with van der Waals surface area (Å²) < 4.78 is 1.86. The van der Waals surface area contributed by atoms with Crippen molar-refractivity contribution in [1.29, 1.82) is 0 Å². The van der Waals surface area contributed by atoms with Gasteiger partial charge < -0.3 is 10.2 Å². The number of aromatic nitrogens is 2. The zero-order valence-electron chi connectivity index (χ0n) is 14.1. The van der Waals surface area contributed by atoms with E-state index in [0.29, 0.717) is 12.1 Å². The number of benzene rings is 1. The van der Waals surface area contributed by atoms with Crippen LogP contribution in [0.3, 0.4) is 0 Å². The number of hydrogen-bond acceptors (Lipinski definition) is 3. The van der Waals surface area contributed by atoms with E-state index in [9.17, 15) is 0 Å². The first-order valence-electron chi connectivity index (χ1n) is 8.28. The van der Waals surface area contributed by atoms with Crippen molar-refractivity contribution in [2.24, 2.45) is 7.05 Å². The van der Waals surface area contributed by atoms with Crippen molar-refractivity contribution in [2.75, 3.05) is 18.0 Å². The van der Waals surface area contributed by atoms with Gasteiger partial charge >= 0.3 is 0 Å². The second kappa shape index (κ2) is 6.93. The number of nitrogens with zero attached hydrogens (tertiary/aromatic N) is 3. The van der Waals surface area contributed by atoms with Crippen LogP contribution in [0.5, 0.6) is 0 Å². The fraction of sp³-hybridized carbons (Fsp3) is 0.500. The third-order valence-corrected chi connectivity index (χ3v) is 5.13. The van der Waals surface area contributed by atoms with Crippen LogP contribution in [0, 0.1) is 6.92 Å². The highest BCUT2D eigenvalue weighted by atomic mass is 35.5. The highest BCUT2D eigenvalue weighted by molar-refractivity contribution is 6.31. The topological polar surface area (TPSA) is 33.1 Å². The first-order valence-corrected chi connectivity index (χ1v) is 8.66. The van der Waals surface area contributed by atoms with Gasteiger partial charge in [-0.15, -0.1) is 0 Å². The van der Waals surface area contributed by atoms with Crippen molar-refractivity contribution in [3.05, 3.63) is 46.7 Å². The van der Waals surface area contributed by atoms with Gasteiger partial charge in [-0.1, -0.05) is 17.7 Å². The fourth-order valence-electron chi connectivity index (χ4n) is 3.20. The van der Waals surface area contributed by atoms with E-state index < -0.39 is 0 Å². The second-order valence-electron chi connectivity index (χ2n) is 6.53. The monoisotopic (exact) mass is 332 g/mol. The maximum Gasteiger partial charge on any atom is 0.0537 e. The van der Waals surface area contributed by atoms with Crippen LogP contribution >= 0.6 is 11.6 Å². The van der Waals surface area contributed by atoms with Gasteiger partial charge in [0.25, 0.3) is 0 Å². The van der Waals surface area contributed by atoms with Gasteiger partial charge in [-0.3, -0.25) is 4.68 Å². The number of halogens is 1. The van der Waals surface area contributed by atoms with E-state index in [-0.39, 0.29) is 0 Å². The molecular formula is C18H25ClN4. The van der Waals surface area contributed by atoms with Crippen LogP contribution in [0.25, 0.3) is 0 Å². The summed E-state index contributed by atoms with van der Waals surface area (Å²) in [5, 5.41) is 8.84. The first-order chi connectivity index (χ1) is 11.0. The maximum atomic E-state index is 6.25. The number of hydrogen-bond donors (Lipinski definition) is 1. The third-order valence-electron chi connectivity index (χ3n) is 4.73. The zero-order chi connectivity index (χ0) is 16.4. The summed E-state index contributed by atoms with van der Waals surface area (Å²) in [5.41, 5.74) is 3.62. The van der Waals surface area contributed by atoms with Crippen LogP contribution < -0.4 is 10.2 Å². The molecule has 0 bridgehead atoms. The van der Waals surface area contributed by atoms with Gasteiger partial charge in [0.15, 0.2) is 0 Å². The molecule has 1 atom stereocenters. The molecule has 2 heterocycles. The Morgan fingerprint density at radius 1 is 1.30 bits per heavy atom. The SMILES string of the molecule is Cc1ccc(N2CCC(NC(C)c3cnn(C)c3)CC2)cc1Cl. The Morgan fingerprint density at radius 2 is 2.04 bits per heavy atom. The van der Waals surface area contributed by atoms with Crippen LogP contribution in [-0.4, -0.2) is 28.9 Å². The summed E-state index contributed by atoms with van der Waals surface area (Å²) in [5.74, 6) is 0. The first kappa shape index (κ1) is 16.3. The minimum Gasteiger partial charge on any atom is -0.371 e. The maximum absolute atomic E-state index is 6.25. The molecule has 1 aromatic carbocycles. The van der Waals surface area contributed by atoms with E-state index in [1.165, 1.54) is 11.3 Å². The molecule has 0 amide bonds. The van der Waals surface area contributed by atoms with Crippen molar-refractivity contribution in [3.8, 4) is 0 Å². The molecule has 1 aromatic heterocycles. The van der Waals surface area contributed by atoms with Crippen molar-refractivity contribution in [1.82, 2.24) is 15.1 Å². The van der Waals surface area contributed by atoms with Gasteiger partial charge in [0.05, 0.1) is 6.20 Å². The molecule has 3 rings (SSSR count). The number of nitrogens with one attached hydrogen (secondary N) is 1. The molecule has 0 saturated carbocycles.